The Labute approximate surface area is 54.8 Å². The van der Waals surface area contributed by atoms with Crippen LogP contribution in [0.4, 0.5) is 0 Å². The molecular weight excluding hydrogens is 118 g/mol. The lowest BCUT2D eigenvalue weighted by Crippen LogP contribution is -2.21. The molecule has 0 fully saturated rings. The van der Waals surface area contributed by atoms with E-state index in [-0.39, 0.29) is 0 Å². The van der Waals surface area contributed by atoms with Gasteiger partial charge in [-0.25, -0.2) is 0 Å². The van der Waals surface area contributed by atoms with Gasteiger partial charge in [0.15, 0.2) is 0 Å². The van der Waals surface area contributed by atoms with Gasteiger partial charge in [0, 0.05) is 12.2 Å². The molecule has 0 radical (unpaired) electrons. The Bertz CT molecular complexity index is 98.7. The Morgan fingerprint density at radius 2 is 2.38 bits per heavy atom. The van der Waals surface area contributed by atoms with Crippen LogP contribution in [0.15, 0.2) is 11.6 Å². The van der Waals surface area contributed by atoms with Gasteiger partial charge in [-0.3, -0.25) is 0 Å². The van der Waals surface area contributed by atoms with Crippen molar-refractivity contribution in [1.82, 2.24) is 4.90 Å². The van der Waals surface area contributed by atoms with E-state index in [1.54, 1.807) is 0 Å². The second-order valence-electron chi connectivity index (χ2n) is 2.19. The quantitative estimate of drug-likeness (QED) is 0.531. The molecule has 1 heterocycles. The van der Waals surface area contributed by atoms with Gasteiger partial charge in [-0.2, -0.15) is 0 Å². The number of rotatable bonds is 1. The van der Waals surface area contributed by atoms with E-state index in [9.17, 15) is 0 Å². The topological polar surface area (TPSA) is 3.24 Å². The normalized spacial score (nSPS) is 18.6. The second-order valence-corrected chi connectivity index (χ2v) is 3.05. The van der Waals surface area contributed by atoms with Crippen LogP contribution in [-0.2, 0) is 0 Å². The highest BCUT2D eigenvalue weighted by Crippen LogP contribution is 2.16. The highest BCUT2D eigenvalue weighted by atomic mass is 32.2. The SMILES string of the molecule is CC(C)N1C=CSC1. The monoisotopic (exact) mass is 129 g/mol. The average molecular weight is 129 g/mol. The van der Waals surface area contributed by atoms with E-state index in [0.717, 1.165) is 5.88 Å². The van der Waals surface area contributed by atoms with Crippen molar-refractivity contribution in [3.05, 3.63) is 11.6 Å². The molecule has 0 saturated heterocycles. The number of hydrogen-bond acceptors (Lipinski definition) is 2. The minimum Gasteiger partial charge on any atom is -0.365 e. The van der Waals surface area contributed by atoms with Crippen molar-refractivity contribution < 1.29 is 0 Å². The summed E-state index contributed by atoms with van der Waals surface area (Å²) in [5.74, 6) is 1.14. The molecule has 0 spiro atoms. The Kier molecular flexibility index (Phi) is 1.84. The summed E-state index contributed by atoms with van der Waals surface area (Å²) in [5, 5.41) is 2.14. The molecule has 8 heavy (non-hydrogen) atoms. The van der Waals surface area contributed by atoms with Crippen LogP contribution in [0.3, 0.4) is 0 Å². The zero-order valence-corrected chi connectivity index (χ0v) is 6.11. The lowest BCUT2D eigenvalue weighted by Gasteiger charge is -2.18. The van der Waals surface area contributed by atoms with Crippen molar-refractivity contribution >= 4 is 11.8 Å². The van der Waals surface area contributed by atoms with Gasteiger partial charge < -0.3 is 4.90 Å². The fourth-order valence-corrected chi connectivity index (χ4v) is 1.50. The van der Waals surface area contributed by atoms with Crippen LogP contribution in [0.1, 0.15) is 13.8 Å². The molecule has 0 bridgehead atoms. The number of thioether (sulfide) groups is 1. The third kappa shape index (κ3) is 1.19. The molecule has 0 aliphatic carbocycles. The Morgan fingerprint density at radius 1 is 1.62 bits per heavy atom. The zero-order valence-electron chi connectivity index (χ0n) is 5.29. The molecule has 1 aliphatic heterocycles. The molecule has 1 aliphatic rings. The summed E-state index contributed by atoms with van der Waals surface area (Å²) in [5.41, 5.74) is 0. The van der Waals surface area contributed by atoms with E-state index in [1.165, 1.54) is 0 Å². The number of nitrogens with zero attached hydrogens (tertiary/aromatic N) is 1. The molecule has 0 saturated carbocycles. The maximum Gasteiger partial charge on any atom is 0.0677 e. The van der Waals surface area contributed by atoms with Crippen LogP contribution < -0.4 is 0 Å². The van der Waals surface area contributed by atoms with E-state index in [0.29, 0.717) is 6.04 Å². The first-order valence-electron chi connectivity index (χ1n) is 2.85. The van der Waals surface area contributed by atoms with Gasteiger partial charge in [0.25, 0.3) is 0 Å². The molecule has 0 unspecified atom stereocenters. The van der Waals surface area contributed by atoms with Gasteiger partial charge in [-0.1, -0.05) is 0 Å². The summed E-state index contributed by atoms with van der Waals surface area (Å²) in [6.45, 7) is 4.41. The molecule has 1 nitrogen and oxygen atoms in total. The van der Waals surface area contributed by atoms with Gasteiger partial charge in [-0.05, 0) is 19.3 Å². The van der Waals surface area contributed by atoms with Gasteiger partial charge in [0.2, 0.25) is 0 Å². The summed E-state index contributed by atoms with van der Waals surface area (Å²) in [6.07, 6.45) is 2.15. The number of hydrogen-bond donors (Lipinski definition) is 0. The smallest absolute Gasteiger partial charge is 0.0677 e. The predicted octanol–water partition coefficient (Wildman–Crippen LogP) is 1.87. The molecule has 0 aromatic heterocycles. The van der Waals surface area contributed by atoms with E-state index >= 15 is 0 Å². The molecule has 46 valence electrons. The third-order valence-corrected chi connectivity index (χ3v) is 2.00. The second kappa shape index (κ2) is 2.44. The van der Waals surface area contributed by atoms with Crippen LogP contribution in [0, 0.1) is 0 Å². The van der Waals surface area contributed by atoms with Gasteiger partial charge in [0.1, 0.15) is 0 Å². The highest BCUT2D eigenvalue weighted by molar-refractivity contribution is 8.02. The van der Waals surface area contributed by atoms with Crippen LogP contribution in [-0.4, -0.2) is 16.8 Å². The molecule has 0 atom stereocenters. The van der Waals surface area contributed by atoms with Gasteiger partial charge >= 0.3 is 0 Å². The fourth-order valence-electron chi connectivity index (χ4n) is 0.615. The van der Waals surface area contributed by atoms with E-state index in [1.807, 2.05) is 11.8 Å². The maximum atomic E-state index is 2.31. The maximum absolute atomic E-state index is 2.31. The molecule has 0 amide bonds. The van der Waals surface area contributed by atoms with Crippen molar-refractivity contribution in [2.45, 2.75) is 19.9 Å². The summed E-state index contributed by atoms with van der Waals surface area (Å²) < 4.78 is 0. The molecule has 0 aromatic carbocycles. The Hall–Kier alpha value is -0.110. The van der Waals surface area contributed by atoms with E-state index < -0.39 is 0 Å². The van der Waals surface area contributed by atoms with Crippen molar-refractivity contribution in [3.8, 4) is 0 Å². The van der Waals surface area contributed by atoms with Crippen molar-refractivity contribution in [2.75, 3.05) is 5.88 Å². The van der Waals surface area contributed by atoms with Crippen molar-refractivity contribution in [3.63, 3.8) is 0 Å². The van der Waals surface area contributed by atoms with Crippen LogP contribution in [0.2, 0.25) is 0 Å². The molecule has 1 rings (SSSR count). The van der Waals surface area contributed by atoms with Gasteiger partial charge in [0.05, 0.1) is 5.88 Å². The van der Waals surface area contributed by atoms with Gasteiger partial charge in [-0.15, -0.1) is 11.8 Å². The minimum atomic E-state index is 0.668. The lowest BCUT2D eigenvalue weighted by atomic mass is 10.4. The lowest BCUT2D eigenvalue weighted by molar-refractivity contribution is 0.368. The summed E-state index contributed by atoms with van der Waals surface area (Å²) in [7, 11) is 0. The first kappa shape index (κ1) is 6.02. The first-order chi connectivity index (χ1) is 3.80. The minimum absolute atomic E-state index is 0.668. The highest BCUT2D eigenvalue weighted by Gasteiger charge is 2.06. The largest absolute Gasteiger partial charge is 0.365 e. The van der Waals surface area contributed by atoms with Crippen molar-refractivity contribution in [2.24, 2.45) is 0 Å². The first-order valence-corrected chi connectivity index (χ1v) is 3.89. The predicted molar refractivity (Wildman–Crippen MR) is 38.6 cm³/mol. The summed E-state index contributed by atoms with van der Waals surface area (Å²) in [4.78, 5) is 2.31. The zero-order chi connectivity index (χ0) is 5.98. The van der Waals surface area contributed by atoms with Crippen LogP contribution >= 0.6 is 11.8 Å². The summed E-state index contributed by atoms with van der Waals surface area (Å²) >= 11 is 1.86. The Morgan fingerprint density at radius 3 is 2.62 bits per heavy atom. The van der Waals surface area contributed by atoms with Crippen LogP contribution in [0.5, 0.6) is 0 Å². The molecular formula is C6H11NS. The molecule has 0 N–H and O–H groups in total. The standard InChI is InChI=1S/C6H11NS/c1-6(2)7-3-4-8-5-7/h3-4,6H,5H2,1-2H3. The van der Waals surface area contributed by atoms with E-state index in [4.69, 9.17) is 0 Å². The summed E-state index contributed by atoms with van der Waals surface area (Å²) in [6, 6.07) is 0.668. The third-order valence-electron chi connectivity index (χ3n) is 1.24. The molecule has 0 aromatic rings. The Balaban J connectivity index is 2.36. The molecule has 2 heteroatoms. The average Bonchev–Trinajstić information content (AvgIpc) is 2.12. The fraction of sp³-hybridized carbons (Fsp3) is 0.667. The van der Waals surface area contributed by atoms with E-state index in [2.05, 4.69) is 30.4 Å². The van der Waals surface area contributed by atoms with Crippen LogP contribution in [0.25, 0.3) is 0 Å². The van der Waals surface area contributed by atoms with Crippen molar-refractivity contribution in [1.29, 1.82) is 0 Å².